The Morgan fingerprint density at radius 1 is 1.42 bits per heavy atom. The highest BCUT2D eigenvalue weighted by Crippen LogP contribution is 2.28. The van der Waals surface area contributed by atoms with E-state index in [-0.39, 0.29) is 5.91 Å². The van der Waals surface area contributed by atoms with Gasteiger partial charge in [0.15, 0.2) is 0 Å². The Labute approximate surface area is 122 Å². The molecule has 0 bridgehead atoms. The molecule has 2 N–H and O–H groups in total. The van der Waals surface area contributed by atoms with Crippen molar-refractivity contribution in [3.05, 3.63) is 45.5 Å². The summed E-state index contributed by atoms with van der Waals surface area (Å²) in [5.41, 5.74) is 8.15. The molecule has 1 aromatic carbocycles. The lowest BCUT2D eigenvalue weighted by atomic mass is 10.3. The molecule has 2 heterocycles. The molecule has 0 fully saturated rings. The largest absolute Gasteiger partial charge is 0.365 e. The van der Waals surface area contributed by atoms with Crippen LogP contribution in [0.3, 0.4) is 0 Å². The first-order chi connectivity index (χ1) is 9.06. The molecule has 0 radical (unpaired) electrons. The number of nitrogens with zero attached hydrogens (tertiary/aromatic N) is 2. The van der Waals surface area contributed by atoms with Crippen LogP contribution in [0.25, 0.3) is 16.0 Å². The SMILES string of the molecule is Cc1cc(-n2cnc3cc(Br)ccc32)sc1C(N)=O. The zero-order chi connectivity index (χ0) is 13.6. The van der Waals surface area contributed by atoms with Gasteiger partial charge in [0.05, 0.1) is 15.9 Å². The van der Waals surface area contributed by atoms with Crippen LogP contribution in [0.1, 0.15) is 15.2 Å². The number of thiophene rings is 1. The Morgan fingerprint density at radius 2 is 2.21 bits per heavy atom. The van der Waals surface area contributed by atoms with Gasteiger partial charge in [-0.25, -0.2) is 4.98 Å². The maximum absolute atomic E-state index is 11.3. The quantitative estimate of drug-likeness (QED) is 0.781. The van der Waals surface area contributed by atoms with Crippen molar-refractivity contribution in [1.82, 2.24) is 9.55 Å². The zero-order valence-corrected chi connectivity index (χ0v) is 12.5. The van der Waals surface area contributed by atoms with Crippen LogP contribution < -0.4 is 5.73 Å². The third kappa shape index (κ3) is 2.06. The van der Waals surface area contributed by atoms with E-state index >= 15 is 0 Å². The van der Waals surface area contributed by atoms with Gasteiger partial charge >= 0.3 is 0 Å². The van der Waals surface area contributed by atoms with Crippen LogP contribution in [-0.4, -0.2) is 15.5 Å². The lowest BCUT2D eigenvalue weighted by Gasteiger charge is -1.99. The number of hydrogen-bond acceptors (Lipinski definition) is 3. The predicted molar refractivity (Wildman–Crippen MR) is 79.9 cm³/mol. The van der Waals surface area contributed by atoms with E-state index in [1.54, 1.807) is 6.33 Å². The smallest absolute Gasteiger partial charge is 0.259 e. The van der Waals surface area contributed by atoms with Gasteiger partial charge in [0.25, 0.3) is 5.91 Å². The van der Waals surface area contributed by atoms with Gasteiger partial charge in [-0.05, 0) is 36.8 Å². The number of benzene rings is 1. The minimum atomic E-state index is -0.388. The van der Waals surface area contributed by atoms with Gasteiger partial charge in [0.1, 0.15) is 11.3 Å². The van der Waals surface area contributed by atoms with Crippen LogP contribution in [0.15, 0.2) is 35.1 Å². The van der Waals surface area contributed by atoms with E-state index in [0.717, 1.165) is 26.1 Å². The van der Waals surface area contributed by atoms with E-state index in [1.165, 1.54) is 11.3 Å². The van der Waals surface area contributed by atoms with Gasteiger partial charge in [-0.2, -0.15) is 0 Å². The first-order valence-corrected chi connectivity index (χ1v) is 7.20. The Bertz CT molecular complexity index is 790. The van der Waals surface area contributed by atoms with Gasteiger partial charge < -0.3 is 5.73 Å². The molecule has 0 saturated carbocycles. The van der Waals surface area contributed by atoms with Crippen LogP contribution in [0, 0.1) is 6.92 Å². The molecule has 0 spiro atoms. The first kappa shape index (κ1) is 12.4. The third-order valence-electron chi connectivity index (χ3n) is 2.88. The van der Waals surface area contributed by atoms with Gasteiger partial charge in [-0.3, -0.25) is 9.36 Å². The molecule has 3 aromatic rings. The fourth-order valence-corrected chi connectivity index (χ4v) is 3.35. The molecule has 1 amide bonds. The van der Waals surface area contributed by atoms with Crippen molar-refractivity contribution in [2.75, 3.05) is 0 Å². The number of carbonyl (C=O) groups is 1. The van der Waals surface area contributed by atoms with Gasteiger partial charge in [0.2, 0.25) is 0 Å². The number of halogens is 1. The highest BCUT2D eigenvalue weighted by atomic mass is 79.9. The first-order valence-electron chi connectivity index (χ1n) is 5.59. The molecule has 19 heavy (non-hydrogen) atoms. The molecular formula is C13H10BrN3OS. The highest BCUT2D eigenvalue weighted by molar-refractivity contribution is 9.10. The van der Waals surface area contributed by atoms with Crippen molar-refractivity contribution in [2.45, 2.75) is 6.92 Å². The number of rotatable bonds is 2. The second kappa shape index (κ2) is 4.47. The number of carbonyl (C=O) groups excluding carboxylic acids is 1. The van der Waals surface area contributed by atoms with E-state index in [0.29, 0.717) is 4.88 Å². The topological polar surface area (TPSA) is 60.9 Å². The Balaban J connectivity index is 2.19. The average molecular weight is 336 g/mol. The number of imidazole rings is 1. The minimum Gasteiger partial charge on any atom is -0.365 e. The van der Waals surface area contributed by atoms with E-state index < -0.39 is 0 Å². The predicted octanol–water partition coefficient (Wildman–Crippen LogP) is 3.26. The Morgan fingerprint density at radius 3 is 2.89 bits per heavy atom. The second-order valence-corrected chi connectivity index (χ2v) is 6.15. The Kier molecular flexibility index (Phi) is 2.91. The molecule has 2 aromatic heterocycles. The third-order valence-corrected chi connectivity index (χ3v) is 4.62. The fourth-order valence-electron chi connectivity index (χ4n) is 1.99. The number of fused-ring (bicyclic) bond motifs is 1. The summed E-state index contributed by atoms with van der Waals surface area (Å²) in [7, 11) is 0. The van der Waals surface area contributed by atoms with Gasteiger partial charge in [-0.15, -0.1) is 11.3 Å². The molecule has 0 saturated heterocycles. The van der Waals surface area contributed by atoms with Crippen LogP contribution in [-0.2, 0) is 0 Å². The standard InChI is InChI=1S/C13H10BrN3OS/c1-7-4-11(19-12(7)13(15)18)17-6-16-9-5-8(14)2-3-10(9)17/h2-6H,1H3,(H2,15,18). The van der Waals surface area contributed by atoms with Gasteiger partial charge in [0, 0.05) is 4.47 Å². The summed E-state index contributed by atoms with van der Waals surface area (Å²) in [6, 6.07) is 7.87. The lowest BCUT2D eigenvalue weighted by molar-refractivity contribution is 0.100. The minimum absolute atomic E-state index is 0.388. The molecule has 0 atom stereocenters. The van der Waals surface area contributed by atoms with E-state index in [1.807, 2.05) is 35.8 Å². The molecule has 4 nitrogen and oxygen atoms in total. The number of hydrogen-bond donors (Lipinski definition) is 1. The van der Waals surface area contributed by atoms with Crippen molar-refractivity contribution >= 4 is 44.2 Å². The van der Waals surface area contributed by atoms with Crippen molar-refractivity contribution in [3.63, 3.8) is 0 Å². The summed E-state index contributed by atoms with van der Waals surface area (Å²) >= 11 is 4.81. The second-order valence-electron chi connectivity index (χ2n) is 4.21. The lowest BCUT2D eigenvalue weighted by Crippen LogP contribution is -2.09. The molecule has 0 aliphatic heterocycles. The molecule has 96 valence electrons. The van der Waals surface area contributed by atoms with Crippen LogP contribution >= 0.6 is 27.3 Å². The number of amides is 1. The average Bonchev–Trinajstić information content (AvgIpc) is 2.91. The Hall–Kier alpha value is -1.66. The number of aryl methyl sites for hydroxylation is 1. The molecule has 0 aliphatic carbocycles. The summed E-state index contributed by atoms with van der Waals surface area (Å²) in [4.78, 5) is 16.3. The summed E-state index contributed by atoms with van der Waals surface area (Å²) in [5, 5.41) is 0.941. The van der Waals surface area contributed by atoms with E-state index in [2.05, 4.69) is 20.9 Å². The molecule has 6 heteroatoms. The molecular weight excluding hydrogens is 326 g/mol. The maximum atomic E-state index is 11.3. The van der Waals surface area contributed by atoms with Crippen LogP contribution in [0.5, 0.6) is 0 Å². The van der Waals surface area contributed by atoms with Crippen LogP contribution in [0.2, 0.25) is 0 Å². The highest BCUT2D eigenvalue weighted by Gasteiger charge is 2.13. The van der Waals surface area contributed by atoms with E-state index in [9.17, 15) is 4.79 Å². The summed E-state index contributed by atoms with van der Waals surface area (Å²) < 4.78 is 2.96. The van der Waals surface area contributed by atoms with Crippen LogP contribution in [0.4, 0.5) is 0 Å². The number of aromatic nitrogens is 2. The van der Waals surface area contributed by atoms with Crippen molar-refractivity contribution in [1.29, 1.82) is 0 Å². The fraction of sp³-hybridized carbons (Fsp3) is 0.0769. The summed E-state index contributed by atoms with van der Waals surface area (Å²) in [5.74, 6) is -0.388. The van der Waals surface area contributed by atoms with Crippen molar-refractivity contribution in [3.8, 4) is 5.00 Å². The maximum Gasteiger partial charge on any atom is 0.259 e. The number of primary amides is 1. The zero-order valence-electron chi connectivity index (χ0n) is 10.1. The molecule has 3 rings (SSSR count). The summed E-state index contributed by atoms with van der Waals surface area (Å²) in [6.45, 7) is 1.88. The van der Waals surface area contributed by atoms with Gasteiger partial charge in [-0.1, -0.05) is 15.9 Å². The monoisotopic (exact) mass is 335 g/mol. The van der Waals surface area contributed by atoms with Crippen molar-refractivity contribution in [2.24, 2.45) is 5.73 Å². The van der Waals surface area contributed by atoms with Crippen molar-refractivity contribution < 1.29 is 4.79 Å². The number of nitrogens with two attached hydrogens (primary N) is 1. The molecule has 0 aliphatic rings. The molecule has 0 unspecified atom stereocenters. The normalized spacial score (nSPS) is 11.1. The van der Waals surface area contributed by atoms with E-state index in [4.69, 9.17) is 5.73 Å². The summed E-state index contributed by atoms with van der Waals surface area (Å²) in [6.07, 6.45) is 1.76.